The van der Waals surface area contributed by atoms with Gasteiger partial charge in [-0.05, 0) is 56.4 Å². The van der Waals surface area contributed by atoms with Gasteiger partial charge in [-0.2, -0.15) is 5.10 Å². The van der Waals surface area contributed by atoms with Crippen molar-refractivity contribution in [3.05, 3.63) is 65.5 Å². The number of imidazole rings is 1. The van der Waals surface area contributed by atoms with E-state index in [4.69, 9.17) is 0 Å². The van der Waals surface area contributed by atoms with Gasteiger partial charge in [0.25, 0.3) is 11.8 Å². The molecule has 2 amide bonds. The first kappa shape index (κ1) is 21.5. The predicted molar refractivity (Wildman–Crippen MR) is 123 cm³/mol. The number of rotatable bonds is 5. The van der Waals surface area contributed by atoms with Crippen LogP contribution in [-0.4, -0.2) is 31.1 Å². The number of allylic oxidation sites excluding steroid dienone is 1. The Morgan fingerprint density at radius 3 is 2.31 bits per heavy atom. The van der Waals surface area contributed by atoms with Crippen molar-refractivity contribution in [3.8, 4) is 11.3 Å². The molecule has 8 heteroatoms. The average molecular weight is 433 g/mol. The molecule has 0 radical (unpaired) electrons. The lowest BCUT2D eigenvalue weighted by Gasteiger charge is -2.20. The minimum absolute atomic E-state index is 0.304. The largest absolute Gasteiger partial charge is 0.334 e. The summed E-state index contributed by atoms with van der Waals surface area (Å²) in [7, 11) is 3.66. The molecule has 2 N–H and O–H groups in total. The molecule has 166 valence electrons. The van der Waals surface area contributed by atoms with Crippen LogP contribution >= 0.6 is 0 Å². The Bertz CT molecular complexity index is 1140. The maximum atomic E-state index is 13.2. The van der Waals surface area contributed by atoms with E-state index in [0.29, 0.717) is 17.1 Å². The number of amides is 2. The van der Waals surface area contributed by atoms with Gasteiger partial charge in [-0.1, -0.05) is 18.6 Å². The Balaban J connectivity index is 1.55. The highest BCUT2D eigenvalue weighted by Crippen LogP contribution is 2.27. The smallest absolute Gasteiger partial charge is 0.274 e. The molecule has 3 aromatic rings. The van der Waals surface area contributed by atoms with Crippen molar-refractivity contribution in [2.24, 2.45) is 14.1 Å². The fourth-order valence-electron chi connectivity index (χ4n) is 4.17. The number of nitrogens with zero attached hydrogens (tertiary/aromatic N) is 4. The molecule has 0 bridgehead atoms. The summed E-state index contributed by atoms with van der Waals surface area (Å²) in [6.07, 6.45) is 8.16. The highest BCUT2D eigenvalue weighted by molar-refractivity contribution is 6.08. The Labute approximate surface area is 187 Å². The Morgan fingerprint density at radius 1 is 1.00 bits per heavy atom. The number of carbonyl (C=O) groups is 2. The second-order valence-electron chi connectivity index (χ2n) is 8.15. The zero-order valence-electron chi connectivity index (χ0n) is 18.7. The van der Waals surface area contributed by atoms with E-state index in [0.717, 1.165) is 54.6 Å². The SMILES string of the molecule is Cc1ncn(C)c1-c1ccc(NC(=O)C(NC(=O)c2ccnn2C)=C2CCCCC2)cc1. The van der Waals surface area contributed by atoms with Crippen LogP contribution in [0.5, 0.6) is 0 Å². The van der Waals surface area contributed by atoms with Crippen LogP contribution in [0.25, 0.3) is 11.3 Å². The fourth-order valence-corrected chi connectivity index (χ4v) is 4.17. The molecule has 1 aromatic carbocycles. The lowest BCUT2D eigenvalue weighted by molar-refractivity contribution is -0.113. The average Bonchev–Trinajstić information content (AvgIpc) is 3.37. The fraction of sp³-hybridized carbons (Fsp3) is 0.333. The number of aromatic nitrogens is 4. The van der Waals surface area contributed by atoms with E-state index in [-0.39, 0.29) is 11.8 Å². The first-order valence-electron chi connectivity index (χ1n) is 10.8. The van der Waals surface area contributed by atoms with Crippen LogP contribution in [0, 0.1) is 6.92 Å². The van der Waals surface area contributed by atoms with Crippen LogP contribution in [0.2, 0.25) is 0 Å². The zero-order chi connectivity index (χ0) is 22.7. The lowest BCUT2D eigenvalue weighted by atomic mass is 9.93. The Hall–Kier alpha value is -3.68. The normalized spacial score (nSPS) is 13.7. The Kier molecular flexibility index (Phi) is 6.20. The summed E-state index contributed by atoms with van der Waals surface area (Å²) in [6, 6.07) is 9.29. The lowest BCUT2D eigenvalue weighted by Crippen LogP contribution is -2.33. The molecule has 0 spiro atoms. The molecule has 8 nitrogen and oxygen atoms in total. The van der Waals surface area contributed by atoms with Gasteiger partial charge in [-0.25, -0.2) is 4.98 Å². The van der Waals surface area contributed by atoms with Gasteiger partial charge in [0.05, 0.1) is 17.7 Å². The maximum absolute atomic E-state index is 13.2. The summed E-state index contributed by atoms with van der Waals surface area (Å²) in [6.45, 7) is 1.97. The quantitative estimate of drug-likeness (QED) is 0.601. The molecule has 0 saturated heterocycles. The van der Waals surface area contributed by atoms with E-state index < -0.39 is 0 Å². The van der Waals surface area contributed by atoms with E-state index >= 15 is 0 Å². The summed E-state index contributed by atoms with van der Waals surface area (Å²) < 4.78 is 3.47. The summed E-state index contributed by atoms with van der Waals surface area (Å²) in [4.78, 5) is 30.3. The van der Waals surface area contributed by atoms with Gasteiger partial charge in [0.2, 0.25) is 0 Å². The molecule has 1 fully saturated rings. The van der Waals surface area contributed by atoms with E-state index in [2.05, 4.69) is 20.7 Å². The number of aryl methyl sites for hydroxylation is 3. The summed E-state index contributed by atoms with van der Waals surface area (Å²) in [5.74, 6) is -0.642. The summed E-state index contributed by atoms with van der Waals surface area (Å²) >= 11 is 0. The van der Waals surface area contributed by atoms with Crippen LogP contribution in [0.3, 0.4) is 0 Å². The molecular weight excluding hydrogens is 404 g/mol. The van der Waals surface area contributed by atoms with Crippen LogP contribution in [-0.2, 0) is 18.9 Å². The summed E-state index contributed by atoms with van der Waals surface area (Å²) in [5, 5.41) is 9.85. The van der Waals surface area contributed by atoms with Crippen molar-refractivity contribution in [2.45, 2.75) is 39.0 Å². The predicted octanol–water partition coefficient (Wildman–Crippen LogP) is 3.72. The third-order valence-corrected chi connectivity index (χ3v) is 5.87. The number of hydrogen-bond acceptors (Lipinski definition) is 4. The van der Waals surface area contributed by atoms with E-state index in [1.807, 2.05) is 42.8 Å². The topological polar surface area (TPSA) is 93.8 Å². The van der Waals surface area contributed by atoms with Gasteiger partial charge in [0.1, 0.15) is 11.4 Å². The first-order valence-corrected chi connectivity index (χ1v) is 10.8. The van der Waals surface area contributed by atoms with Crippen LogP contribution in [0.15, 0.2) is 54.1 Å². The minimum Gasteiger partial charge on any atom is -0.334 e. The molecular formula is C24H28N6O2. The molecule has 1 saturated carbocycles. The number of anilines is 1. The van der Waals surface area contributed by atoms with Crippen molar-refractivity contribution in [1.29, 1.82) is 0 Å². The number of carbonyl (C=O) groups excluding carboxylic acids is 2. The number of nitrogens with one attached hydrogen (secondary N) is 2. The maximum Gasteiger partial charge on any atom is 0.274 e. The summed E-state index contributed by atoms with van der Waals surface area (Å²) in [5.41, 5.74) is 5.43. The van der Waals surface area contributed by atoms with Crippen molar-refractivity contribution < 1.29 is 9.59 Å². The molecule has 0 unspecified atom stereocenters. The molecule has 0 aliphatic heterocycles. The van der Waals surface area contributed by atoms with Crippen molar-refractivity contribution in [2.75, 3.05) is 5.32 Å². The second-order valence-corrected chi connectivity index (χ2v) is 8.15. The number of benzene rings is 1. The van der Waals surface area contributed by atoms with Crippen molar-refractivity contribution in [3.63, 3.8) is 0 Å². The highest BCUT2D eigenvalue weighted by atomic mass is 16.2. The molecule has 32 heavy (non-hydrogen) atoms. The van der Waals surface area contributed by atoms with Crippen LogP contribution in [0.1, 0.15) is 48.3 Å². The van der Waals surface area contributed by atoms with Gasteiger partial charge in [0, 0.05) is 31.5 Å². The van der Waals surface area contributed by atoms with Crippen LogP contribution < -0.4 is 10.6 Å². The number of hydrogen-bond donors (Lipinski definition) is 2. The van der Waals surface area contributed by atoms with E-state index in [9.17, 15) is 9.59 Å². The third kappa shape index (κ3) is 4.49. The zero-order valence-corrected chi connectivity index (χ0v) is 18.7. The standard InChI is InChI=1S/C24H28N6O2/c1-16-22(29(2)15-25-16)18-9-11-19(12-10-18)27-24(32)21(17-7-5-4-6-8-17)28-23(31)20-13-14-26-30(20)3/h9-15H,4-8H2,1-3H3,(H,27,32)(H,28,31). The van der Waals surface area contributed by atoms with Gasteiger partial charge in [0.15, 0.2) is 0 Å². The molecule has 0 atom stereocenters. The van der Waals surface area contributed by atoms with Gasteiger partial charge in [-0.3, -0.25) is 14.3 Å². The van der Waals surface area contributed by atoms with Crippen molar-refractivity contribution >= 4 is 17.5 Å². The Morgan fingerprint density at radius 2 is 1.72 bits per heavy atom. The third-order valence-electron chi connectivity index (χ3n) is 5.87. The highest BCUT2D eigenvalue weighted by Gasteiger charge is 2.22. The molecule has 2 heterocycles. The minimum atomic E-state index is -0.338. The van der Waals surface area contributed by atoms with Gasteiger partial charge >= 0.3 is 0 Å². The first-order chi connectivity index (χ1) is 15.4. The van der Waals surface area contributed by atoms with Crippen LogP contribution in [0.4, 0.5) is 5.69 Å². The van der Waals surface area contributed by atoms with Gasteiger partial charge < -0.3 is 15.2 Å². The molecule has 2 aromatic heterocycles. The molecule has 1 aliphatic carbocycles. The monoisotopic (exact) mass is 432 g/mol. The van der Waals surface area contributed by atoms with Gasteiger partial charge in [-0.15, -0.1) is 0 Å². The molecule has 1 aliphatic rings. The molecule has 4 rings (SSSR count). The van der Waals surface area contributed by atoms with E-state index in [1.165, 1.54) is 4.68 Å². The van der Waals surface area contributed by atoms with Crippen molar-refractivity contribution in [1.82, 2.24) is 24.6 Å². The second kappa shape index (κ2) is 9.21. The van der Waals surface area contributed by atoms with E-state index in [1.54, 1.807) is 25.6 Å².